The van der Waals surface area contributed by atoms with E-state index in [9.17, 15) is 4.79 Å². The molecule has 1 aromatic rings. The molecule has 1 unspecified atom stereocenters. The summed E-state index contributed by atoms with van der Waals surface area (Å²) >= 11 is 0. The normalized spacial score (nSPS) is 13.2. The van der Waals surface area contributed by atoms with Crippen molar-refractivity contribution in [3.8, 4) is 0 Å². The molecule has 0 aliphatic heterocycles. The van der Waals surface area contributed by atoms with Crippen LogP contribution in [0.25, 0.3) is 0 Å². The van der Waals surface area contributed by atoms with Crippen LogP contribution in [0.15, 0.2) is 4.99 Å². The van der Waals surface area contributed by atoms with Crippen molar-refractivity contribution in [1.82, 2.24) is 25.7 Å². The molecule has 0 aliphatic carbocycles. The predicted molar refractivity (Wildman–Crippen MR) is 114 cm³/mol. The van der Waals surface area contributed by atoms with Gasteiger partial charge in [-0.1, -0.05) is 0 Å². The van der Waals surface area contributed by atoms with Gasteiger partial charge in [0.1, 0.15) is 5.60 Å². The molecule has 0 fully saturated rings. The molecule has 1 heterocycles. The Morgan fingerprint density at radius 3 is 2.50 bits per heavy atom. The number of aliphatic imine (C=N–C) groups is 1. The van der Waals surface area contributed by atoms with Crippen LogP contribution in [-0.4, -0.2) is 53.1 Å². The highest BCUT2D eigenvalue weighted by molar-refractivity contribution is 5.80. The number of guanidine groups is 1. The summed E-state index contributed by atoms with van der Waals surface area (Å²) in [6, 6.07) is 0.222. The van der Waals surface area contributed by atoms with E-state index in [0.29, 0.717) is 13.1 Å². The molecule has 28 heavy (non-hydrogen) atoms. The van der Waals surface area contributed by atoms with Crippen molar-refractivity contribution in [2.75, 3.05) is 19.6 Å². The number of ether oxygens (including phenoxy) is 1. The van der Waals surface area contributed by atoms with Crippen LogP contribution >= 0.6 is 0 Å². The Morgan fingerprint density at radius 2 is 1.96 bits per heavy atom. The van der Waals surface area contributed by atoms with Crippen LogP contribution in [0.5, 0.6) is 0 Å². The summed E-state index contributed by atoms with van der Waals surface area (Å²) in [7, 11) is 1.97. The Labute approximate surface area is 169 Å². The molecule has 0 aromatic carbocycles. The van der Waals surface area contributed by atoms with Gasteiger partial charge in [-0.05, 0) is 66.9 Å². The first-order chi connectivity index (χ1) is 13.0. The van der Waals surface area contributed by atoms with Crippen molar-refractivity contribution in [3.05, 3.63) is 17.0 Å². The second-order valence-electron chi connectivity index (χ2n) is 8.07. The summed E-state index contributed by atoms with van der Waals surface area (Å²) < 4.78 is 7.14. The molecular weight excluding hydrogens is 356 g/mol. The van der Waals surface area contributed by atoms with Gasteiger partial charge in [0, 0.05) is 38.4 Å². The average Bonchev–Trinajstić information content (AvgIpc) is 2.79. The highest BCUT2D eigenvalue weighted by Gasteiger charge is 2.16. The molecular formula is C20H38N6O2. The molecule has 160 valence electrons. The fourth-order valence-electron chi connectivity index (χ4n) is 2.80. The lowest BCUT2D eigenvalue weighted by atomic mass is 10.1. The number of nitrogens with zero attached hydrogens (tertiary/aromatic N) is 3. The van der Waals surface area contributed by atoms with Crippen molar-refractivity contribution in [3.63, 3.8) is 0 Å². The standard InChI is InChI=1S/C20H38N6O2/c1-9-21-18(22-11-10-12-23-19(27)28-20(5,6)7)24-14(2)13-17-15(3)25-26(8)16(17)4/h14H,9-13H2,1-8H3,(H,23,27)(H2,21,22,24). The lowest BCUT2D eigenvalue weighted by Gasteiger charge is -2.19. The topological polar surface area (TPSA) is 92.6 Å². The molecule has 1 rings (SSSR count). The number of hydrogen-bond donors (Lipinski definition) is 3. The minimum absolute atomic E-state index is 0.222. The lowest BCUT2D eigenvalue weighted by Crippen LogP contribution is -2.43. The van der Waals surface area contributed by atoms with Gasteiger partial charge >= 0.3 is 6.09 Å². The molecule has 0 bridgehead atoms. The van der Waals surface area contributed by atoms with Gasteiger partial charge in [-0.15, -0.1) is 0 Å². The van der Waals surface area contributed by atoms with E-state index in [1.165, 1.54) is 11.3 Å². The van der Waals surface area contributed by atoms with E-state index < -0.39 is 11.7 Å². The van der Waals surface area contributed by atoms with Gasteiger partial charge in [0.25, 0.3) is 0 Å². The van der Waals surface area contributed by atoms with Crippen molar-refractivity contribution in [2.24, 2.45) is 12.0 Å². The average molecular weight is 395 g/mol. The highest BCUT2D eigenvalue weighted by Crippen LogP contribution is 2.14. The number of carbonyl (C=O) groups is 1. The number of hydrogen-bond acceptors (Lipinski definition) is 4. The zero-order chi connectivity index (χ0) is 21.3. The third-order valence-corrected chi connectivity index (χ3v) is 4.17. The first-order valence-electron chi connectivity index (χ1n) is 10.0. The minimum atomic E-state index is -0.481. The largest absolute Gasteiger partial charge is 0.444 e. The fraction of sp³-hybridized carbons (Fsp3) is 0.750. The van der Waals surface area contributed by atoms with E-state index in [-0.39, 0.29) is 6.04 Å². The molecule has 1 atom stereocenters. The number of nitrogens with one attached hydrogen (secondary N) is 3. The molecule has 1 aromatic heterocycles. The smallest absolute Gasteiger partial charge is 0.407 e. The summed E-state index contributed by atoms with van der Waals surface area (Å²) in [4.78, 5) is 16.2. The second-order valence-corrected chi connectivity index (χ2v) is 8.07. The zero-order valence-electron chi connectivity index (χ0n) is 18.8. The van der Waals surface area contributed by atoms with Crippen LogP contribution in [-0.2, 0) is 18.2 Å². The SMILES string of the molecule is CCNC(=NCCCNC(=O)OC(C)(C)C)NC(C)Cc1c(C)nn(C)c1C. The maximum Gasteiger partial charge on any atom is 0.407 e. The maximum atomic E-state index is 11.6. The van der Waals surface area contributed by atoms with E-state index in [2.05, 4.69) is 39.9 Å². The second kappa shape index (κ2) is 10.9. The quantitative estimate of drug-likeness (QED) is 0.358. The number of alkyl carbamates (subject to hydrolysis) is 1. The Bertz CT molecular complexity index is 660. The van der Waals surface area contributed by atoms with E-state index >= 15 is 0 Å². The number of aromatic nitrogens is 2. The maximum absolute atomic E-state index is 11.6. The number of rotatable bonds is 8. The third-order valence-electron chi connectivity index (χ3n) is 4.17. The van der Waals surface area contributed by atoms with Gasteiger partial charge in [-0.2, -0.15) is 5.10 Å². The lowest BCUT2D eigenvalue weighted by molar-refractivity contribution is 0.0527. The summed E-state index contributed by atoms with van der Waals surface area (Å²) in [6.07, 6.45) is 1.23. The van der Waals surface area contributed by atoms with Gasteiger partial charge in [0.2, 0.25) is 0 Å². The van der Waals surface area contributed by atoms with E-state index in [1.807, 2.05) is 46.3 Å². The molecule has 0 saturated heterocycles. The number of aryl methyl sites for hydroxylation is 2. The number of amides is 1. The van der Waals surface area contributed by atoms with Gasteiger partial charge in [0.15, 0.2) is 5.96 Å². The highest BCUT2D eigenvalue weighted by atomic mass is 16.6. The van der Waals surface area contributed by atoms with Crippen LogP contribution in [0.3, 0.4) is 0 Å². The molecule has 0 saturated carbocycles. The summed E-state index contributed by atoms with van der Waals surface area (Å²) in [6.45, 7) is 15.8. The van der Waals surface area contributed by atoms with E-state index in [4.69, 9.17) is 4.74 Å². The van der Waals surface area contributed by atoms with Crippen LogP contribution in [0.4, 0.5) is 4.79 Å². The molecule has 1 amide bonds. The van der Waals surface area contributed by atoms with Gasteiger partial charge < -0.3 is 20.7 Å². The summed E-state index contributed by atoms with van der Waals surface area (Å²) in [5.74, 6) is 0.784. The van der Waals surface area contributed by atoms with Crippen LogP contribution < -0.4 is 16.0 Å². The van der Waals surface area contributed by atoms with Crippen molar-refractivity contribution >= 4 is 12.1 Å². The van der Waals surface area contributed by atoms with Crippen molar-refractivity contribution in [1.29, 1.82) is 0 Å². The predicted octanol–water partition coefficient (Wildman–Crippen LogP) is 2.44. The van der Waals surface area contributed by atoms with Gasteiger partial charge in [-0.25, -0.2) is 4.79 Å². The third kappa shape index (κ3) is 8.63. The van der Waals surface area contributed by atoms with Crippen LogP contribution in [0.2, 0.25) is 0 Å². The molecule has 8 heteroatoms. The summed E-state index contributed by atoms with van der Waals surface area (Å²) in [5.41, 5.74) is 3.07. The monoisotopic (exact) mass is 394 g/mol. The molecule has 0 radical (unpaired) electrons. The Kier molecular flexibility index (Phi) is 9.28. The molecule has 3 N–H and O–H groups in total. The fourth-order valence-corrected chi connectivity index (χ4v) is 2.80. The van der Waals surface area contributed by atoms with Gasteiger partial charge in [0.05, 0.1) is 5.69 Å². The first-order valence-corrected chi connectivity index (χ1v) is 10.0. The van der Waals surface area contributed by atoms with E-state index in [1.54, 1.807) is 0 Å². The Morgan fingerprint density at radius 1 is 1.29 bits per heavy atom. The Hall–Kier alpha value is -2.25. The van der Waals surface area contributed by atoms with E-state index in [0.717, 1.165) is 31.0 Å². The zero-order valence-corrected chi connectivity index (χ0v) is 18.8. The number of carbonyl (C=O) groups excluding carboxylic acids is 1. The van der Waals surface area contributed by atoms with Crippen LogP contribution in [0.1, 0.15) is 58.0 Å². The first kappa shape index (κ1) is 23.8. The van der Waals surface area contributed by atoms with Crippen molar-refractivity contribution < 1.29 is 9.53 Å². The Balaban J connectivity index is 2.47. The van der Waals surface area contributed by atoms with Crippen LogP contribution in [0, 0.1) is 13.8 Å². The van der Waals surface area contributed by atoms with Gasteiger partial charge in [-0.3, -0.25) is 9.67 Å². The van der Waals surface area contributed by atoms with Crippen molar-refractivity contribution in [2.45, 2.75) is 73.0 Å². The molecule has 0 aliphatic rings. The molecule has 0 spiro atoms. The molecule has 8 nitrogen and oxygen atoms in total. The summed E-state index contributed by atoms with van der Waals surface area (Å²) in [5, 5.41) is 14.0. The minimum Gasteiger partial charge on any atom is -0.444 e.